The molecule has 92 valence electrons. The van der Waals surface area contributed by atoms with Crippen LogP contribution >= 0.6 is 0 Å². The monoisotopic (exact) mass is 238 g/mol. The maximum absolute atomic E-state index is 12.2. The predicted molar refractivity (Wildman–Crippen MR) is 73.4 cm³/mol. The van der Waals surface area contributed by atoms with Crippen molar-refractivity contribution in [3.63, 3.8) is 0 Å². The lowest BCUT2D eigenvalue weighted by Crippen LogP contribution is -2.08. The van der Waals surface area contributed by atoms with Crippen molar-refractivity contribution in [2.45, 2.75) is 32.1 Å². The fraction of sp³-hybridized carbons (Fsp3) is 0.353. The number of carbonyl (C=O) groups excluding carboxylic acids is 1. The Labute approximate surface area is 108 Å². The SMILES string of the molecule is CCC1CC2=C(C=CCC2c2ccccc2)C1=O. The van der Waals surface area contributed by atoms with Crippen molar-refractivity contribution in [2.75, 3.05) is 0 Å². The molecule has 18 heavy (non-hydrogen) atoms. The first kappa shape index (κ1) is 11.5. The van der Waals surface area contributed by atoms with E-state index in [2.05, 4.69) is 37.3 Å². The molecule has 0 fully saturated rings. The number of hydrogen-bond acceptors (Lipinski definition) is 1. The average Bonchev–Trinajstić information content (AvgIpc) is 2.77. The average molecular weight is 238 g/mol. The Morgan fingerprint density at radius 2 is 2.00 bits per heavy atom. The van der Waals surface area contributed by atoms with Crippen LogP contribution in [0.25, 0.3) is 0 Å². The number of Topliss-reactive ketones (excluding diaryl/α,β-unsaturated/α-hetero) is 1. The Bertz CT molecular complexity index is 522. The highest BCUT2D eigenvalue weighted by molar-refractivity contribution is 6.03. The molecule has 1 aromatic rings. The highest BCUT2D eigenvalue weighted by Gasteiger charge is 2.35. The second-order valence-electron chi connectivity index (χ2n) is 5.21. The van der Waals surface area contributed by atoms with Crippen LogP contribution in [0.2, 0.25) is 0 Å². The van der Waals surface area contributed by atoms with Gasteiger partial charge in [-0.1, -0.05) is 55.0 Å². The third-order valence-electron chi connectivity index (χ3n) is 4.22. The van der Waals surface area contributed by atoms with Crippen molar-refractivity contribution in [3.05, 3.63) is 59.2 Å². The zero-order chi connectivity index (χ0) is 12.5. The molecule has 0 saturated heterocycles. The molecule has 2 atom stereocenters. The van der Waals surface area contributed by atoms with Crippen molar-refractivity contribution >= 4 is 5.78 Å². The molecule has 1 aromatic carbocycles. The minimum absolute atomic E-state index is 0.226. The van der Waals surface area contributed by atoms with Crippen molar-refractivity contribution in [2.24, 2.45) is 5.92 Å². The molecule has 2 unspecified atom stereocenters. The first-order valence-electron chi connectivity index (χ1n) is 6.80. The summed E-state index contributed by atoms with van der Waals surface area (Å²) in [5.41, 5.74) is 3.72. The third-order valence-corrected chi connectivity index (χ3v) is 4.22. The second-order valence-corrected chi connectivity index (χ2v) is 5.21. The Balaban J connectivity index is 1.98. The summed E-state index contributed by atoms with van der Waals surface area (Å²) in [6.45, 7) is 2.11. The van der Waals surface area contributed by atoms with Gasteiger partial charge < -0.3 is 0 Å². The van der Waals surface area contributed by atoms with Gasteiger partial charge >= 0.3 is 0 Å². The standard InChI is InChI=1S/C17H18O/c1-2-12-11-16-14(13-7-4-3-5-8-13)9-6-10-15(16)17(12)18/h3-8,10,12,14H,2,9,11H2,1H3. The van der Waals surface area contributed by atoms with E-state index in [9.17, 15) is 4.79 Å². The fourth-order valence-corrected chi connectivity index (χ4v) is 3.18. The maximum Gasteiger partial charge on any atom is 0.166 e. The van der Waals surface area contributed by atoms with Gasteiger partial charge in [-0.15, -0.1) is 0 Å². The van der Waals surface area contributed by atoms with Gasteiger partial charge in [0.1, 0.15) is 0 Å². The van der Waals surface area contributed by atoms with Crippen LogP contribution in [0.15, 0.2) is 53.6 Å². The molecule has 0 radical (unpaired) electrons. The van der Waals surface area contributed by atoms with Crippen molar-refractivity contribution in [3.8, 4) is 0 Å². The molecule has 0 aromatic heterocycles. The summed E-state index contributed by atoms with van der Waals surface area (Å²) < 4.78 is 0. The van der Waals surface area contributed by atoms with Gasteiger partial charge in [0.25, 0.3) is 0 Å². The minimum Gasteiger partial charge on any atom is -0.294 e. The predicted octanol–water partition coefficient (Wildman–Crippen LogP) is 4.03. The number of rotatable bonds is 2. The summed E-state index contributed by atoms with van der Waals surface area (Å²) in [6.07, 6.45) is 7.17. The lowest BCUT2D eigenvalue weighted by molar-refractivity contribution is -0.118. The molecule has 0 saturated carbocycles. The lowest BCUT2D eigenvalue weighted by Gasteiger charge is -2.21. The van der Waals surface area contributed by atoms with Crippen LogP contribution in [0.5, 0.6) is 0 Å². The minimum atomic E-state index is 0.226. The summed E-state index contributed by atoms with van der Waals surface area (Å²) in [4.78, 5) is 12.2. The first-order valence-corrected chi connectivity index (χ1v) is 6.80. The van der Waals surface area contributed by atoms with Gasteiger partial charge in [-0.05, 0) is 24.8 Å². The van der Waals surface area contributed by atoms with Crippen LogP contribution in [-0.2, 0) is 4.79 Å². The van der Waals surface area contributed by atoms with Gasteiger partial charge in [-0.25, -0.2) is 0 Å². The van der Waals surface area contributed by atoms with E-state index in [0.717, 1.165) is 24.8 Å². The molecule has 3 rings (SSSR count). The van der Waals surface area contributed by atoms with Crippen molar-refractivity contribution < 1.29 is 4.79 Å². The molecule has 0 spiro atoms. The van der Waals surface area contributed by atoms with E-state index in [0.29, 0.717) is 11.7 Å². The zero-order valence-electron chi connectivity index (χ0n) is 10.7. The molecule has 2 aliphatic rings. The topological polar surface area (TPSA) is 17.1 Å². The molecular formula is C17H18O. The molecule has 0 bridgehead atoms. The molecule has 1 heteroatoms. The van der Waals surface area contributed by atoms with E-state index in [1.807, 2.05) is 12.1 Å². The fourth-order valence-electron chi connectivity index (χ4n) is 3.18. The van der Waals surface area contributed by atoms with E-state index < -0.39 is 0 Å². The summed E-state index contributed by atoms with van der Waals surface area (Å²) in [5.74, 6) is 1.01. The summed E-state index contributed by atoms with van der Waals surface area (Å²) in [6, 6.07) is 10.6. The lowest BCUT2D eigenvalue weighted by atomic mass is 9.83. The van der Waals surface area contributed by atoms with Gasteiger partial charge in [0.05, 0.1) is 0 Å². The van der Waals surface area contributed by atoms with Gasteiger partial charge in [0.15, 0.2) is 5.78 Å². The first-order chi connectivity index (χ1) is 8.81. The molecule has 0 heterocycles. The maximum atomic E-state index is 12.2. The number of hydrogen-bond donors (Lipinski definition) is 0. The van der Waals surface area contributed by atoms with Gasteiger partial charge in [0.2, 0.25) is 0 Å². The van der Waals surface area contributed by atoms with E-state index >= 15 is 0 Å². The van der Waals surface area contributed by atoms with Crippen LogP contribution in [0.1, 0.15) is 37.7 Å². The zero-order valence-corrected chi connectivity index (χ0v) is 10.7. The van der Waals surface area contributed by atoms with Crippen molar-refractivity contribution in [1.29, 1.82) is 0 Å². The normalized spacial score (nSPS) is 26.6. The van der Waals surface area contributed by atoms with Crippen LogP contribution in [0, 0.1) is 5.92 Å². The Kier molecular flexibility index (Phi) is 2.91. The van der Waals surface area contributed by atoms with E-state index in [1.54, 1.807) is 0 Å². The van der Waals surface area contributed by atoms with Crippen molar-refractivity contribution in [1.82, 2.24) is 0 Å². The molecule has 0 amide bonds. The Hall–Kier alpha value is -1.63. The van der Waals surface area contributed by atoms with Crippen LogP contribution in [0.3, 0.4) is 0 Å². The van der Waals surface area contributed by atoms with Crippen LogP contribution < -0.4 is 0 Å². The number of carbonyl (C=O) groups is 1. The number of ketones is 1. The van der Waals surface area contributed by atoms with Gasteiger partial charge in [-0.3, -0.25) is 4.79 Å². The van der Waals surface area contributed by atoms with Crippen LogP contribution in [-0.4, -0.2) is 5.78 Å². The van der Waals surface area contributed by atoms with Gasteiger partial charge in [0, 0.05) is 17.4 Å². The largest absolute Gasteiger partial charge is 0.294 e. The quantitative estimate of drug-likeness (QED) is 0.760. The Morgan fingerprint density at radius 3 is 2.72 bits per heavy atom. The number of allylic oxidation sites excluding steroid dienone is 4. The summed E-state index contributed by atoms with van der Waals surface area (Å²) >= 11 is 0. The summed E-state index contributed by atoms with van der Waals surface area (Å²) in [5, 5.41) is 0. The second kappa shape index (κ2) is 4.56. The third kappa shape index (κ3) is 1.74. The van der Waals surface area contributed by atoms with Crippen LogP contribution in [0.4, 0.5) is 0 Å². The molecule has 2 aliphatic carbocycles. The molecule has 0 aliphatic heterocycles. The highest BCUT2D eigenvalue weighted by Crippen LogP contribution is 2.43. The smallest absolute Gasteiger partial charge is 0.166 e. The van der Waals surface area contributed by atoms with Gasteiger partial charge in [-0.2, -0.15) is 0 Å². The van der Waals surface area contributed by atoms with E-state index in [4.69, 9.17) is 0 Å². The number of benzene rings is 1. The molecular weight excluding hydrogens is 220 g/mol. The summed E-state index contributed by atoms with van der Waals surface area (Å²) in [7, 11) is 0. The van der Waals surface area contributed by atoms with E-state index in [-0.39, 0.29) is 5.92 Å². The molecule has 0 N–H and O–H groups in total. The Morgan fingerprint density at radius 1 is 1.22 bits per heavy atom. The molecule has 1 nitrogen and oxygen atoms in total. The highest BCUT2D eigenvalue weighted by atomic mass is 16.1. The van der Waals surface area contributed by atoms with E-state index in [1.165, 1.54) is 11.1 Å².